The summed E-state index contributed by atoms with van der Waals surface area (Å²) in [4.78, 5) is 27.5. The highest BCUT2D eigenvalue weighted by Gasteiger charge is 2.34. The van der Waals surface area contributed by atoms with Crippen molar-refractivity contribution in [2.45, 2.75) is 83.4 Å². The van der Waals surface area contributed by atoms with Gasteiger partial charge < -0.3 is 30.1 Å². The van der Waals surface area contributed by atoms with Gasteiger partial charge in [0.15, 0.2) is 17.4 Å². The number of anilines is 3. The second-order valence-electron chi connectivity index (χ2n) is 12.9. The lowest BCUT2D eigenvalue weighted by Gasteiger charge is -2.42. The number of urea groups is 1. The van der Waals surface area contributed by atoms with Crippen LogP contribution in [-0.2, 0) is 10.2 Å². The summed E-state index contributed by atoms with van der Waals surface area (Å²) in [5.41, 5.74) is 2.16. The minimum absolute atomic E-state index is 0.00707. The zero-order valence-corrected chi connectivity index (χ0v) is 26.2. The Balaban J connectivity index is 1.44. The Bertz CT molecular complexity index is 1300. The third-order valence-corrected chi connectivity index (χ3v) is 8.35. The minimum atomic E-state index is -0.256. The molecule has 0 radical (unpaired) electrons. The van der Waals surface area contributed by atoms with Crippen LogP contribution in [0.3, 0.4) is 0 Å². The van der Waals surface area contributed by atoms with Gasteiger partial charge in [0.05, 0.1) is 12.2 Å². The fourth-order valence-corrected chi connectivity index (χ4v) is 5.68. The fourth-order valence-electron chi connectivity index (χ4n) is 5.68. The summed E-state index contributed by atoms with van der Waals surface area (Å²) >= 11 is 0. The number of hydrogen-bond donors (Lipinski definition) is 2. The van der Waals surface area contributed by atoms with Gasteiger partial charge in [0.25, 0.3) is 0 Å². The van der Waals surface area contributed by atoms with Gasteiger partial charge in [-0.15, -0.1) is 0 Å². The van der Waals surface area contributed by atoms with Crippen molar-refractivity contribution < 1.29 is 9.53 Å². The maximum absolute atomic E-state index is 12.3. The molecule has 0 aliphatic carbocycles. The standard InChI is InChI=1S/C32H46N8O2/c1-22-26(36-30(41)38(7)8)10-9-17-40(22)28-21-34-27(20-33)29(37-28)35-25-13-11-24(12-14-25)32(6)15-18-39(19-16-32)23(2)42-31(3,4)5/h11-14,21-22,26H,2,9-10,15-19H2,1,3-8H3,(H,35,37)(H,36,41)/t22-,26-/m1/s1. The number of nitriles is 1. The number of amides is 2. The first-order valence-corrected chi connectivity index (χ1v) is 14.8. The third-order valence-electron chi connectivity index (χ3n) is 8.35. The number of nitrogens with one attached hydrogen (secondary N) is 2. The quantitative estimate of drug-likeness (QED) is 0.426. The lowest BCUT2D eigenvalue weighted by molar-refractivity contribution is -0.00691. The van der Waals surface area contributed by atoms with Gasteiger partial charge in [-0.05, 0) is 83.1 Å². The number of nitrogens with zero attached hydrogens (tertiary/aromatic N) is 6. The molecule has 10 heteroatoms. The maximum Gasteiger partial charge on any atom is 0.317 e. The van der Waals surface area contributed by atoms with Crippen molar-refractivity contribution in [2.24, 2.45) is 0 Å². The number of hydrogen-bond acceptors (Lipinski definition) is 8. The molecule has 1 aromatic carbocycles. The number of carbonyl (C=O) groups excluding carboxylic acids is 1. The smallest absolute Gasteiger partial charge is 0.317 e. The van der Waals surface area contributed by atoms with E-state index in [0.717, 1.165) is 56.9 Å². The van der Waals surface area contributed by atoms with Gasteiger partial charge >= 0.3 is 6.03 Å². The lowest BCUT2D eigenvalue weighted by Crippen LogP contribution is -2.56. The van der Waals surface area contributed by atoms with E-state index in [9.17, 15) is 10.1 Å². The SMILES string of the molecule is C=C(OC(C)(C)C)N1CCC(C)(c2ccc(Nc3nc(N4CCC[C@@H](NC(=O)N(C)C)[C@H]4C)cnc3C#N)cc2)CC1. The highest BCUT2D eigenvalue weighted by molar-refractivity contribution is 5.74. The van der Waals surface area contributed by atoms with Crippen molar-refractivity contribution in [2.75, 3.05) is 43.9 Å². The van der Waals surface area contributed by atoms with Crippen LogP contribution < -0.4 is 15.5 Å². The molecule has 2 atom stereocenters. The summed E-state index contributed by atoms with van der Waals surface area (Å²) in [5, 5.41) is 16.2. The average Bonchev–Trinajstić information content (AvgIpc) is 2.94. The number of likely N-dealkylation sites (tertiary alicyclic amines) is 1. The molecule has 2 fully saturated rings. The largest absolute Gasteiger partial charge is 0.474 e. The topological polar surface area (TPSA) is 110 Å². The molecule has 0 saturated carbocycles. The zero-order valence-electron chi connectivity index (χ0n) is 26.2. The first-order chi connectivity index (χ1) is 19.8. The van der Waals surface area contributed by atoms with Gasteiger partial charge in [0, 0.05) is 45.5 Å². The van der Waals surface area contributed by atoms with Crippen molar-refractivity contribution in [1.29, 1.82) is 5.26 Å². The Morgan fingerprint density at radius 3 is 2.45 bits per heavy atom. The lowest BCUT2D eigenvalue weighted by atomic mass is 9.74. The summed E-state index contributed by atoms with van der Waals surface area (Å²) in [5.74, 6) is 1.85. The van der Waals surface area contributed by atoms with E-state index in [-0.39, 0.29) is 34.8 Å². The molecule has 1 aromatic heterocycles. The van der Waals surface area contributed by atoms with Gasteiger partial charge in [-0.2, -0.15) is 5.26 Å². The molecule has 226 valence electrons. The van der Waals surface area contributed by atoms with Crippen LogP contribution in [0.15, 0.2) is 42.9 Å². The highest BCUT2D eigenvalue weighted by atomic mass is 16.5. The normalized spacial score (nSPS) is 20.3. The predicted molar refractivity (Wildman–Crippen MR) is 167 cm³/mol. The van der Waals surface area contributed by atoms with E-state index in [1.807, 2.05) is 32.9 Å². The number of ether oxygens (including phenoxy) is 1. The molecule has 0 bridgehead atoms. The van der Waals surface area contributed by atoms with Gasteiger partial charge in [-0.1, -0.05) is 19.1 Å². The van der Waals surface area contributed by atoms with Crippen LogP contribution in [0.25, 0.3) is 0 Å². The summed E-state index contributed by atoms with van der Waals surface area (Å²) in [6, 6.07) is 10.5. The molecule has 2 saturated heterocycles. The number of carbonyl (C=O) groups is 1. The summed E-state index contributed by atoms with van der Waals surface area (Å²) in [7, 11) is 3.48. The molecule has 4 rings (SSSR count). The summed E-state index contributed by atoms with van der Waals surface area (Å²) in [6.07, 6.45) is 5.47. The van der Waals surface area contributed by atoms with E-state index in [1.165, 1.54) is 5.56 Å². The molecular formula is C32H46N8O2. The monoisotopic (exact) mass is 574 g/mol. The second kappa shape index (κ2) is 12.5. The van der Waals surface area contributed by atoms with E-state index >= 15 is 0 Å². The van der Waals surface area contributed by atoms with Crippen LogP contribution in [0.5, 0.6) is 0 Å². The molecule has 2 aromatic rings. The van der Waals surface area contributed by atoms with E-state index < -0.39 is 0 Å². The van der Waals surface area contributed by atoms with Gasteiger partial charge in [0.2, 0.25) is 0 Å². The van der Waals surface area contributed by atoms with Gasteiger partial charge in [0.1, 0.15) is 17.5 Å². The van der Waals surface area contributed by atoms with E-state index in [0.29, 0.717) is 11.6 Å². The molecule has 2 amide bonds. The Morgan fingerprint density at radius 2 is 1.86 bits per heavy atom. The van der Waals surface area contributed by atoms with E-state index in [2.05, 4.69) is 64.0 Å². The van der Waals surface area contributed by atoms with Crippen molar-refractivity contribution >= 4 is 23.4 Å². The average molecular weight is 575 g/mol. The molecule has 2 N–H and O–H groups in total. The van der Waals surface area contributed by atoms with Crippen molar-refractivity contribution in [3.8, 4) is 6.07 Å². The summed E-state index contributed by atoms with van der Waals surface area (Å²) in [6.45, 7) is 17.3. The predicted octanol–water partition coefficient (Wildman–Crippen LogP) is 5.36. The zero-order chi connectivity index (χ0) is 30.7. The number of aromatic nitrogens is 2. The first-order valence-electron chi connectivity index (χ1n) is 14.8. The molecule has 42 heavy (non-hydrogen) atoms. The number of rotatable bonds is 7. The fraction of sp³-hybridized carbons (Fsp3) is 0.562. The van der Waals surface area contributed by atoms with Crippen LogP contribution in [0.2, 0.25) is 0 Å². The molecular weight excluding hydrogens is 528 g/mol. The van der Waals surface area contributed by atoms with Crippen molar-refractivity contribution in [1.82, 2.24) is 25.1 Å². The first kappa shape index (κ1) is 30.9. The van der Waals surface area contributed by atoms with Crippen LogP contribution in [0.4, 0.5) is 22.1 Å². The molecule has 3 heterocycles. The summed E-state index contributed by atoms with van der Waals surface area (Å²) < 4.78 is 5.99. The Kier molecular flexibility index (Phi) is 9.19. The van der Waals surface area contributed by atoms with Crippen molar-refractivity contribution in [3.63, 3.8) is 0 Å². The minimum Gasteiger partial charge on any atom is -0.474 e. The van der Waals surface area contributed by atoms with Gasteiger partial charge in [-0.25, -0.2) is 14.8 Å². The van der Waals surface area contributed by atoms with Crippen molar-refractivity contribution in [3.05, 3.63) is 54.2 Å². The Morgan fingerprint density at radius 1 is 1.19 bits per heavy atom. The molecule has 10 nitrogen and oxygen atoms in total. The van der Waals surface area contributed by atoms with Crippen LogP contribution in [0.1, 0.15) is 71.6 Å². The Labute approximate surface area is 250 Å². The maximum atomic E-state index is 12.3. The Hall–Kier alpha value is -4.00. The van der Waals surface area contributed by atoms with E-state index in [1.54, 1.807) is 25.2 Å². The molecule has 2 aliphatic rings. The second-order valence-corrected chi connectivity index (χ2v) is 12.9. The molecule has 0 spiro atoms. The molecule has 2 aliphatic heterocycles. The highest BCUT2D eigenvalue weighted by Crippen LogP contribution is 2.37. The van der Waals surface area contributed by atoms with Crippen LogP contribution in [0, 0.1) is 11.3 Å². The third kappa shape index (κ3) is 7.25. The number of benzene rings is 1. The van der Waals surface area contributed by atoms with Gasteiger partial charge in [-0.3, -0.25) is 0 Å². The van der Waals surface area contributed by atoms with E-state index in [4.69, 9.17) is 9.72 Å². The van der Waals surface area contributed by atoms with Crippen LogP contribution in [-0.4, -0.2) is 77.2 Å². The van der Waals surface area contributed by atoms with Crippen LogP contribution >= 0.6 is 0 Å². The molecule has 0 unspecified atom stereocenters. The number of piperidine rings is 2.